The molecule has 5 aliphatic rings. The molecule has 5 fully saturated rings. The van der Waals surface area contributed by atoms with Crippen LogP contribution >= 0.6 is 11.1 Å². The molecule has 196 valence electrons. The van der Waals surface area contributed by atoms with Gasteiger partial charge >= 0.3 is 16.8 Å². The molecule has 0 unspecified atom stereocenters. The fourth-order valence-electron chi connectivity index (χ4n) is 7.19. The summed E-state index contributed by atoms with van der Waals surface area (Å²) in [6, 6.07) is 0. The van der Waals surface area contributed by atoms with E-state index in [1.165, 1.54) is 136 Å². The lowest BCUT2D eigenvalue weighted by Crippen LogP contribution is -2.84. The molecule has 5 rings (SSSR count). The van der Waals surface area contributed by atoms with Crippen molar-refractivity contribution in [1.82, 2.24) is 22.8 Å². The second-order valence-corrected chi connectivity index (χ2v) is 19.1. The van der Waals surface area contributed by atoms with Crippen LogP contribution in [0.4, 0.5) is 0 Å². The van der Waals surface area contributed by atoms with Crippen LogP contribution in [-0.2, 0) is 4.12 Å². The average Bonchev–Trinajstić information content (AvgIpc) is 2.94. The fourth-order valence-corrected chi connectivity index (χ4v) is 19.1. The zero-order valence-electron chi connectivity index (χ0n) is 21.7. The molecule has 5 heterocycles. The Morgan fingerprint density at radius 1 is 0.353 bits per heavy atom. The lowest BCUT2D eigenvalue weighted by Gasteiger charge is -2.59. The van der Waals surface area contributed by atoms with Crippen LogP contribution in [0.1, 0.15) is 96.3 Å². The van der Waals surface area contributed by atoms with E-state index in [1.807, 2.05) is 0 Å². The highest BCUT2D eigenvalue weighted by Crippen LogP contribution is 2.38. The van der Waals surface area contributed by atoms with Crippen LogP contribution in [0, 0.1) is 0 Å². The van der Waals surface area contributed by atoms with Gasteiger partial charge in [-0.3, -0.25) is 22.8 Å². The predicted octanol–water partition coefficient (Wildman–Crippen LogP) is 4.54. The van der Waals surface area contributed by atoms with Gasteiger partial charge in [-0.15, -0.1) is 0 Å². The highest BCUT2D eigenvalue weighted by molar-refractivity contribution is 7.15. The Kier molecular flexibility index (Phi) is 9.48. The molecule has 6 nitrogen and oxygen atoms in total. The SMILES string of the molecule is Cl[Si](O[Si](N1CCCCC1)(N1CCCCC1)N1CCCCC1)(N1CCCCC1)N1CCCCC1. The minimum atomic E-state index is -2.76. The van der Waals surface area contributed by atoms with Crippen molar-refractivity contribution in [2.75, 3.05) is 65.4 Å². The summed E-state index contributed by atoms with van der Waals surface area (Å²) in [7, 11) is -5.31. The Morgan fingerprint density at radius 3 is 0.853 bits per heavy atom. The van der Waals surface area contributed by atoms with Crippen molar-refractivity contribution < 1.29 is 4.12 Å². The van der Waals surface area contributed by atoms with Crippen LogP contribution < -0.4 is 0 Å². The van der Waals surface area contributed by atoms with Gasteiger partial charge in [0.15, 0.2) is 0 Å². The number of halogens is 1. The van der Waals surface area contributed by atoms with Crippen molar-refractivity contribution >= 4 is 27.8 Å². The van der Waals surface area contributed by atoms with Crippen molar-refractivity contribution in [2.45, 2.75) is 96.3 Å². The minimum absolute atomic E-state index is 1.14. The van der Waals surface area contributed by atoms with E-state index in [0.717, 1.165) is 26.2 Å². The number of nitrogens with zero attached hydrogens (tertiary/aromatic N) is 5. The van der Waals surface area contributed by atoms with E-state index in [9.17, 15) is 0 Å². The van der Waals surface area contributed by atoms with Crippen LogP contribution in [-0.4, -0.2) is 105 Å². The van der Waals surface area contributed by atoms with Gasteiger partial charge in [-0.1, -0.05) is 43.2 Å². The quantitative estimate of drug-likeness (QED) is 0.356. The smallest absolute Gasteiger partial charge is 0.385 e. The summed E-state index contributed by atoms with van der Waals surface area (Å²) in [4.78, 5) is 0. The highest BCUT2D eigenvalue weighted by atomic mass is 35.6. The Bertz CT molecular complexity index is 553. The third kappa shape index (κ3) is 5.50. The van der Waals surface area contributed by atoms with Crippen molar-refractivity contribution in [1.29, 1.82) is 0 Å². The van der Waals surface area contributed by atoms with Gasteiger partial charge in [-0.2, -0.15) is 0 Å². The summed E-state index contributed by atoms with van der Waals surface area (Å²) < 4.78 is 22.0. The summed E-state index contributed by atoms with van der Waals surface area (Å²) >= 11 is 8.06. The van der Waals surface area contributed by atoms with E-state index in [2.05, 4.69) is 22.8 Å². The van der Waals surface area contributed by atoms with E-state index in [0.29, 0.717) is 0 Å². The molecule has 0 aromatic rings. The molecule has 0 saturated carbocycles. The first-order valence-electron chi connectivity index (χ1n) is 14.9. The van der Waals surface area contributed by atoms with E-state index in [-0.39, 0.29) is 0 Å². The van der Waals surface area contributed by atoms with Crippen LogP contribution in [0.25, 0.3) is 0 Å². The lowest BCUT2D eigenvalue weighted by molar-refractivity contribution is 0.105. The van der Waals surface area contributed by atoms with Gasteiger partial charge in [0.25, 0.3) is 0 Å². The summed E-state index contributed by atoms with van der Waals surface area (Å²) in [5.41, 5.74) is 0. The summed E-state index contributed by atoms with van der Waals surface area (Å²) in [6.45, 7) is 11.8. The summed E-state index contributed by atoms with van der Waals surface area (Å²) in [5, 5.41) is 0. The summed E-state index contributed by atoms with van der Waals surface area (Å²) in [6.07, 6.45) is 19.9. The van der Waals surface area contributed by atoms with Crippen LogP contribution in [0.5, 0.6) is 0 Å². The average molecular weight is 528 g/mol. The molecule has 0 N–H and O–H groups in total. The first kappa shape index (κ1) is 26.1. The predicted molar refractivity (Wildman–Crippen MR) is 146 cm³/mol. The van der Waals surface area contributed by atoms with Gasteiger partial charge in [-0.25, -0.2) is 0 Å². The second kappa shape index (κ2) is 12.4. The fraction of sp³-hybridized carbons (Fsp3) is 1.00. The number of hydrogen-bond acceptors (Lipinski definition) is 6. The highest BCUT2D eigenvalue weighted by Gasteiger charge is 2.62. The third-order valence-corrected chi connectivity index (χ3v) is 19.6. The Hall–Kier alpha value is 0.484. The largest absolute Gasteiger partial charge is 0.455 e. The van der Waals surface area contributed by atoms with Gasteiger partial charge in [-0.05, 0) is 130 Å². The third-order valence-electron chi connectivity index (χ3n) is 9.06. The monoisotopic (exact) mass is 527 g/mol. The Balaban J connectivity index is 1.55. The van der Waals surface area contributed by atoms with E-state index in [4.69, 9.17) is 15.2 Å². The van der Waals surface area contributed by atoms with Crippen molar-refractivity contribution in [3.63, 3.8) is 0 Å². The van der Waals surface area contributed by atoms with Crippen molar-refractivity contribution in [3.8, 4) is 0 Å². The topological polar surface area (TPSA) is 25.4 Å². The van der Waals surface area contributed by atoms with Crippen molar-refractivity contribution in [2.24, 2.45) is 0 Å². The molecule has 0 spiro atoms. The first-order chi connectivity index (χ1) is 16.7. The molecule has 0 bridgehead atoms. The van der Waals surface area contributed by atoms with Crippen LogP contribution in [0.3, 0.4) is 0 Å². The molecule has 5 saturated heterocycles. The van der Waals surface area contributed by atoms with E-state index >= 15 is 0 Å². The Morgan fingerprint density at radius 2 is 0.588 bits per heavy atom. The zero-order valence-corrected chi connectivity index (χ0v) is 24.5. The molecular formula is C25H50ClN5OSi2. The maximum atomic E-state index is 8.06. The zero-order chi connectivity index (χ0) is 23.3. The molecule has 9 heteroatoms. The minimum Gasteiger partial charge on any atom is -0.385 e. The van der Waals surface area contributed by atoms with Gasteiger partial charge in [0.05, 0.1) is 0 Å². The first-order valence-corrected chi connectivity index (χ1v) is 19.4. The standard InChI is InChI=1S/C25H50ClN5OSi2/c26-33(27-16-6-1-7-17-27,28-18-8-2-9-19-28)32-34(29-20-10-3-11-21-29,30-22-12-4-13-23-30)31-24-14-5-15-25-31/h1-25H2. The summed E-state index contributed by atoms with van der Waals surface area (Å²) in [5.74, 6) is 0. The normalized spacial score (nSPS) is 28.9. The molecule has 0 aliphatic carbocycles. The maximum absolute atomic E-state index is 8.06. The molecular weight excluding hydrogens is 478 g/mol. The maximum Gasteiger partial charge on any atom is 0.455 e. The molecule has 0 amide bonds. The van der Waals surface area contributed by atoms with Crippen molar-refractivity contribution in [3.05, 3.63) is 0 Å². The number of piperidine rings is 5. The van der Waals surface area contributed by atoms with Gasteiger partial charge in [0.2, 0.25) is 0 Å². The lowest BCUT2D eigenvalue weighted by atomic mass is 10.2. The number of hydrogen-bond donors (Lipinski definition) is 0. The molecule has 0 atom stereocenters. The molecule has 0 aromatic carbocycles. The van der Waals surface area contributed by atoms with Crippen LogP contribution in [0.2, 0.25) is 0 Å². The van der Waals surface area contributed by atoms with Gasteiger partial charge in [0.1, 0.15) is 0 Å². The van der Waals surface area contributed by atoms with Crippen LogP contribution in [0.15, 0.2) is 0 Å². The molecule has 0 aromatic heterocycles. The molecule has 5 aliphatic heterocycles. The second-order valence-electron chi connectivity index (χ2n) is 11.4. The number of rotatable bonds is 7. The van der Waals surface area contributed by atoms with E-state index in [1.54, 1.807) is 0 Å². The molecule has 34 heavy (non-hydrogen) atoms. The Labute approximate surface area is 216 Å². The van der Waals surface area contributed by atoms with E-state index < -0.39 is 16.8 Å². The molecule has 0 radical (unpaired) electrons. The van der Waals surface area contributed by atoms with Gasteiger partial charge < -0.3 is 4.12 Å². The van der Waals surface area contributed by atoms with Gasteiger partial charge in [0, 0.05) is 0 Å².